The number of alkyl halides is 3. The summed E-state index contributed by atoms with van der Waals surface area (Å²) in [5.74, 6) is 5.49. The molecule has 0 saturated carbocycles. The number of carbonyl (C=O) groups excluding carboxylic acids is 3. The number of hydrogen-bond acceptors (Lipinski definition) is 12. The van der Waals surface area contributed by atoms with Gasteiger partial charge in [-0.1, -0.05) is 54.8 Å². The van der Waals surface area contributed by atoms with Crippen molar-refractivity contribution >= 4 is 35.2 Å². The van der Waals surface area contributed by atoms with Crippen molar-refractivity contribution in [2.24, 2.45) is 0 Å². The van der Waals surface area contributed by atoms with Crippen LogP contribution in [0.15, 0.2) is 195 Å². The highest BCUT2D eigenvalue weighted by Crippen LogP contribution is 2.30. The van der Waals surface area contributed by atoms with E-state index >= 15 is 0 Å². The molecule has 9 aromatic rings. The summed E-state index contributed by atoms with van der Waals surface area (Å²) in [6, 6.07) is 40.1. The summed E-state index contributed by atoms with van der Waals surface area (Å²) in [4.78, 5) is 60.4. The van der Waals surface area contributed by atoms with Gasteiger partial charge in [0.05, 0.1) is 18.6 Å². The molecule has 0 bridgehead atoms. The van der Waals surface area contributed by atoms with Crippen LogP contribution < -0.4 is 30.2 Å². The molecule has 376 valence electrons. The van der Waals surface area contributed by atoms with E-state index in [0.717, 1.165) is 23.4 Å². The number of amides is 3. The highest BCUT2D eigenvalue weighted by molar-refractivity contribution is 6.05. The highest BCUT2D eigenvalue weighted by Gasteiger charge is 2.32. The predicted molar refractivity (Wildman–Crippen MR) is 278 cm³/mol. The Kier molecular flexibility index (Phi) is 18.9. The molecule has 6 aromatic heterocycles. The molecule has 0 radical (unpaired) electrons. The third-order valence-corrected chi connectivity index (χ3v) is 9.77. The van der Waals surface area contributed by atoms with Gasteiger partial charge in [-0.3, -0.25) is 24.4 Å². The maximum atomic E-state index is 12.5. The topological polar surface area (TPSA) is 192 Å². The van der Waals surface area contributed by atoms with E-state index in [4.69, 9.17) is 20.6 Å². The van der Waals surface area contributed by atoms with Gasteiger partial charge in [-0.2, -0.15) is 13.2 Å². The zero-order chi connectivity index (χ0) is 52.3. The van der Waals surface area contributed by atoms with Crippen LogP contribution in [-0.4, -0.2) is 47.6 Å². The number of anilines is 3. The van der Waals surface area contributed by atoms with Gasteiger partial charge in [-0.05, 0) is 111 Å². The summed E-state index contributed by atoms with van der Waals surface area (Å²) in [5, 5.41) is 8.13. The summed E-state index contributed by atoms with van der Waals surface area (Å²) in [6.07, 6.45) is 12.9. The van der Waals surface area contributed by atoms with Crippen molar-refractivity contribution in [1.82, 2.24) is 29.9 Å². The minimum absolute atomic E-state index is 0. The minimum Gasteiger partial charge on any atom is -0.456 e. The van der Waals surface area contributed by atoms with Crippen molar-refractivity contribution in [3.8, 4) is 46.8 Å². The van der Waals surface area contributed by atoms with Gasteiger partial charge in [-0.25, -0.2) is 19.9 Å². The summed E-state index contributed by atoms with van der Waals surface area (Å²) in [6.45, 7) is 3.82. The van der Waals surface area contributed by atoms with Crippen molar-refractivity contribution < 1.29 is 41.8 Å². The number of carbonyl (C=O) groups is 3. The maximum Gasteiger partial charge on any atom is 0.433 e. The Morgan fingerprint density at radius 1 is 0.467 bits per heavy atom. The second-order valence-corrected chi connectivity index (χ2v) is 15.5. The molecule has 0 aliphatic carbocycles. The van der Waals surface area contributed by atoms with Crippen LogP contribution in [0.4, 0.5) is 30.6 Å². The summed E-state index contributed by atoms with van der Waals surface area (Å²) in [5.41, 5.74) is 3.15. The lowest BCUT2D eigenvalue weighted by Gasteiger charge is -2.09. The molecule has 0 aliphatic rings. The molecule has 0 atom stereocenters. The molecule has 3 aromatic carbocycles. The lowest BCUT2D eigenvalue weighted by atomic mass is 10.1. The Morgan fingerprint density at radius 2 is 0.880 bits per heavy atom. The number of ether oxygens (including phenoxy) is 3. The Balaban J connectivity index is 0.000000182. The van der Waals surface area contributed by atoms with Crippen LogP contribution in [0.5, 0.6) is 34.5 Å². The number of nitrogens with one attached hydrogen (secondary N) is 3. The summed E-state index contributed by atoms with van der Waals surface area (Å²) < 4.78 is 54.4. The Labute approximate surface area is 429 Å². The predicted octanol–water partition coefficient (Wildman–Crippen LogP) is 12.8. The average Bonchev–Trinajstić information content (AvgIpc) is 3.40. The number of nitrogens with zero attached hydrogens (tertiary/aromatic N) is 6. The number of rotatable bonds is 12. The molecule has 18 heteroatoms. The van der Waals surface area contributed by atoms with E-state index in [0.29, 0.717) is 62.6 Å². The fourth-order valence-electron chi connectivity index (χ4n) is 6.35. The highest BCUT2D eigenvalue weighted by atomic mass is 19.4. The fourth-order valence-corrected chi connectivity index (χ4v) is 6.35. The van der Waals surface area contributed by atoms with Crippen LogP contribution in [0.1, 0.15) is 60.9 Å². The molecule has 3 amide bonds. The molecule has 0 spiro atoms. The summed E-state index contributed by atoms with van der Waals surface area (Å²) in [7, 11) is 0. The first kappa shape index (κ1) is 54.1. The first-order chi connectivity index (χ1) is 35.8. The smallest absolute Gasteiger partial charge is 0.433 e. The third-order valence-electron chi connectivity index (χ3n) is 9.77. The zero-order valence-corrected chi connectivity index (χ0v) is 39.3. The molecule has 0 aliphatic heterocycles. The maximum absolute atomic E-state index is 12.5. The van der Waals surface area contributed by atoms with Gasteiger partial charge >= 0.3 is 6.18 Å². The average molecular weight is 1010 g/mol. The summed E-state index contributed by atoms with van der Waals surface area (Å²) >= 11 is 0. The molecule has 3 N–H and O–H groups in total. The van der Waals surface area contributed by atoms with Gasteiger partial charge in [0.2, 0.25) is 0 Å². The largest absolute Gasteiger partial charge is 0.456 e. The van der Waals surface area contributed by atoms with Gasteiger partial charge in [0.1, 0.15) is 57.6 Å². The van der Waals surface area contributed by atoms with Crippen LogP contribution in [0.2, 0.25) is 0 Å². The standard InChI is InChI=1S/C19H14F3N3O2.C19H13N3O2.C18H15N3O2.CH4/c1-12-3-2-4-13(9-12)18(26)25-17-10-14(7-8-23-17)27-15-5-6-16(24-11-15)19(20,21)22;1-2-14-5-3-6-15(11-14)19(23)22-18-12-16(8-10-21-18)24-17-7-4-9-20-13-17;1-13-4-2-5-14(10-13)18(22)21-17-11-15(7-9-20-17)23-16-6-3-8-19-12-16;/h2-11H,1H3,(H,23,25,26);1,3-13H,(H,21,22,23);2-12H,1H3,(H,20,21,22);1H4. The van der Waals surface area contributed by atoms with E-state index in [1.807, 2.05) is 38.1 Å². The number of aryl methyl sites for hydroxylation is 2. The first-order valence-corrected chi connectivity index (χ1v) is 22.2. The van der Waals surface area contributed by atoms with E-state index in [1.165, 1.54) is 24.4 Å². The molecular formula is C57H46F3N9O6. The lowest BCUT2D eigenvalue weighted by Crippen LogP contribution is -2.13. The van der Waals surface area contributed by atoms with Gasteiger partial charge in [0, 0.05) is 71.4 Å². The molecule has 15 nitrogen and oxygen atoms in total. The SMILES string of the molecule is C.C#Cc1cccc(C(=O)Nc2cc(Oc3cccnc3)ccn2)c1.Cc1cccc(C(=O)Nc2cc(Oc3ccc(C(F)(F)F)nc3)ccn2)c1.Cc1cccc(C(=O)Nc2cc(Oc3cccnc3)ccn2)c1. The number of pyridine rings is 6. The molecular weight excluding hydrogens is 964 g/mol. The van der Waals surface area contributed by atoms with Crippen LogP contribution in [0.25, 0.3) is 0 Å². The number of aromatic nitrogens is 6. The van der Waals surface area contributed by atoms with Crippen molar-refractivity contribution in [3.63, 3.8) is 0 Å². The van der Waals surface area contributed by atoms with Crippen LogP contribution in [0.3, 0.4) is 0 Å². The number of terminal acetylenes is 1. The van der Waals surface area contributed by atoms with Gasteiger partial charge in [0.15, 0.2) is 0 Å². The second-order valence-electron chi connectivity index (χ2n) is 15.5. The van der Waals surface area contributed by atoms with Crippen LogP contribution >= 0.6 is 0 Å². The second kappa shape index (κ2) is 26.2. The Bertz CT molecular complexity index is 3400. The molecule has 75 heavy (non-hydrogen) atoms. The van der Waals surface area contributed by atoms with E-state index in [9.17, 15) is 27.6 Å². The molecule has 0 saturated heterocycles. The van der Waals surface area contributed by atoms with Crippen LogP contribution in [0, 0.1) is 26.2 Å². The minimum atomic E-state index is -4.51. The molecule has 0 unspecified atom stereocenters. The van der Waals surface area contributed by atoms with Crippen LogP contribution in [-0.2, 0) is 6.18 Å². The normalized spacial score (nSPS) is 10.2. The van der Waals surface area contributed by atoms with E-state index in [1.54, 1.807) is 134 Å². The van der Waals surface area contributed by atoms with Crippen molar-refractivity contribution in [1.29, 1.82) is 0 Å². The quantitative estimate of drug-likeness (QED) is 0.0983. The Hall–Kier alpha value is -10.3. The van der Waals surface area contributed by atoms with E-state index in [-0.39, 0.29) is 36.7 Å². The van der Waals surface area contributed by atoms with Gasteiger partial charge < -0.3 is 30.2 Å². The van der Waals surface area contributed by atoms with E-state index < -0.39 is 11.9 Å². The molecule has 0 fully saturated rings. The van der Waals surface area contributed by atoms with Crippen molar-refractivity contribution in [3.05, 3.63) is 234 Å². The lowest BCUT2D eigenvalue weighted by molar-refractivity contribution is -0.141. The first-order valence-electron chi connectivity index (χ1n) is 22.2. The number of hydrogen-bond donors (Lipinski definition) is 3. The third kappa shape index (κ3) is 16.9. The number of benzene rings is 3. The monoisotopic (exact) mass is 1010 g/mol. The zero-order valence-electron chi connectivity index (χ0n) is 39.3. The molecule has 9 rings (SSSR count). The van der Waals surface area contributed by atoms with Crippen molar-refractivity contribution in [2.75, 3.05) is 16.0 Å². The molecule has 6 heterocycles. The Morgan fingerprint density at radius 3 is 1.24 bits per heavy atom. The van der Waals surface area contributed by atoms with E-state index in [2.05, 4.69) is 51.8 Å². The van der Waals surface area contributed by atoms with Gasteiger partial charge in [-0.15, -0.1) is 6.42 Å². The number of halogens is 3. The van der Waals surface area contributed by atoms with Gasteiger partial charge in [0.25, 0.3) is 17.7 Å². The van der Waals surface area contributed by atoms with Crippen molar-refractivity contribution in [2.45, 2.75) is 27.5 Å². The fraction of sp³-hybridized carbons (Fsp3) is 0.0702.